The lowest BCUT2D eigenvalue weighted by Gasteiger charge is -2.36. The van der Waals surface area contributed by atoms with Crippen molar-refractivity contribution in [3.63, 3.8) is 0 Å². The molecule has 0 spiro atoms. The van der Waals surface area contributed by atoms with Crippen LogP contribution in [0.3, 0.4) is 0 Å². The molecule has 2 atom stereocenters. The molecule has 1 aliphatic heterocycles. The third kappa shape index (κ3) is 2.86. The quantitative estimate of drug-likeness (QED) is 0.816. The van der Waals surface area contributed by atoms with E-state index in [-0.39, 0.29) is 28.8 Å². The van der Waals surface area contributed by atoms with E-state index in [9.17, 15) is 18.0 Å². The van der Waals surface area contributed by atoms with Crippen LogP contribution in [-0.4, -0.2) is 32.4 Å². The van der Waals surface area contributed by atoms with Crippen LogP contribution in [0.15, 0.2) is 18.2 Å². The van der Waals surface area contributed by atoms with E-state index in [1.165, 1.54) is 0 Å². The molecule has 2 saturated carbocycles. The lowest BCUT2D eigenvalue weighted by molar-refractivity contribution is -0.128. The summed E-state index contributed by atoms with van der Waals surface area (Å²) in [5, 5.41) is 0. The topological polar surface area (TPSA) is 83.6 Å². The van der Waals surface area contributed by atoms with Gasteiger partial charge >= 0.3 is 0 Å². The number of amides is 1. The molecule has 1 aromatic rings. The van der Waals surface area contributed by atoms with E-state index in [2.05, 4.69) is 4.72 Å². The maximum Gasteiger partial charge on any atom is 0.233 e. The van der Waals surface area contributed by atoms with Crippen molar-refractivity contribution in [1.29, 1.82) is 0 Å². The first-order chi connectivity index (χ1) is 13.1. The molecule has 4 rings (SSSR count). The third-order valence-corrected chi connectivity index (χ3v) is 8.83. The van der Waals surface area contributed by atoms with Gasteiger partial charge in [0, 0.05) is 30.8 Å². The highest BCUT2D eigenvalue weighted by Crippen LogP contribution is 2.64. The number of rotatable bonds is 5. The van der Waals surface area contributed by atoms with E-state index in [1.807, 2.05) is 20.8 Å². The second-order valence-corrected chi connectivity index (χ2v) is 10.9. The highest BCUT2D eigenvalue weighted by atomic mass is 32.2. The molecular weight excluding hydrogens is 376 g/mol. The van der Waals surface area contributed by atoms with Crippen molar-refractivity contribution >= 4 is 33.1 Å². The number of sulfonamides is 1. The average molecular weight is 405 g/mol. The minimum absolute atomic E-state index is 0.0956. The number of anilines is 2. The van der Waals surface area contributed by atoms with Crippen LogP contribution in [0.5, 0.6) is 0 Å². The molecule has 1 amide bonds. The van der Waals surface area contributed by atoms with E-state index in [0.29, 0.717) is 31.5 Å². The minimum Gasteiger partial charge on any atom is -0.312 e. The van der Waals surface area contributed by atoms with Crippen LogP contribution >= 0.6 is 0 Å². The Bertz CT molecular complexity index is 953. The second-order valence-electron chi connectivity index (χ2n) is 9.18. The van der Waals surface area contributed by atoms with Gasteiger partial charge in [0.15, 0.2) is 0 Å². The van der Waals surface area contributed by atoms with Gasteiger partial charge in [0.2, 0.25) is 15.9 Å². The maximum atomic E-state index is 12.9. The SMILES string of the molecule is Cc1cc(NS(=O)(=O)C[C@@]23CC[C@@H](CC2=O)C3(C)C)ccc1N1CCCC1=O. The zero-order valence-corrected chi connectivity index (χ0v) is 17.6. The molecule has 28 heavy (non-hydrogen) atoms. The number of ketones is 1. The maximum absolute atomic E-state index is 12.9. The summed E-state index contributed by atoms with van der Waals surface area (Å²) in [5.74, 6) is 0.328. The lowest BCUT2D eigenvalue weighted by atomic mass is 9.70. The molecule has 0 aromatic heterocycles. The van der Waals surface area contributed by atoms with Crippen molar-refractivity contribution < 1.29 is 18.0 Å². The van der Waals surface area contributed by atoms with Gasteiger partial charge < -0.3 is 4.90 Å². The Morgan fingerprint density at radius 3 is 2.54 bits per heavy atom. The molecule has 152 valence electrons. The molecule has 0 unspecified atom stereocenters. The molecule has 3 aliphatic rings. The third-order valence-electron chi connectivity index (χ3n) is 7.41. The van der Waals surface area contributed by atoms with Gasteiger partial charge in [-0.2, -0.15) is 0 Å². The number of carbonyl (C=O) groups is 2. The molecule has 7 heteroatoms. The van der Waals surface area contributed by atoms with Gasteiger partial charge in [-0.1, -0.05) is 13.8 Å². The Hall–Kier alpha value is -1.89. The van der Waals surface area contributed by atoms with Crippen LogP contribution in [-0.2, 0) is 19.6 Å². The van der Waals surface area contributed by atoms with Gasteiger partial charge in [-0.3, -0.25) is 14.3 Å². The first-order valence-corrected chi connectivity index (χ1v) is 11.7. The normalized spacial score (nSPS) is 29.0. The molecule has 3 fully saturated rings. The number of carbonyl (C=O) groups excluding carboxylic acids is 2. The fraction of sp³-hybridized carbons (Fsp3) is 0.619. The van der Waals surface area contributed by atoms with Gasteiger partial charge in [0.25, 0.3) is 0 Å². The molecule has 2 aliphatic carbocycles. The summed E-state index contributed by atoms with van der Waals surface area (Å²) in [5.41, 5.74) is 1.10. The molecule has 1 N–H and O–H groups in total. The van der Waals surface area contributed by atoms with Gasteiger partial charge in [0.05, 0.1) is 11.2 Å². The Morgan fingerprint density at radius 2 is 2.00 bits per heavy atom. The number of Topliss-reactive ketones (excluding diaryl/α,β-unsaturated/α-hetero) is 1. The van der Waals surface area contributed by atoms with Gasteiger partial charge in [0.1, 0.15) is 5.78 Å². The van der Waals surface area contributed by atoms with Crippen molar-refractivity contribution in [3.8, 4) is 0 Å². The summed E-state index contributed by atoms with van der Waals surface area (Å²) >= 11 is 0. The summed E-state index contributed by atoms with van der Waals surface area (Å²) in [6.07, 6.45) is 3.48. The number of hydrogen-bond donors (Lipinski definition) is 1. The van der Waals surface area contributed by atoms with E-state index in [1.54, 1.807) is 23.1 Å². The molecule has 6 nitrogen and oxygen atoms in total. The van der Waals surface area contributed by atoms with E-state index in [0.717, 1.165) is 24.1 Å². The van der Waals surface area contributed by atoms with E-state index >= 15 is 0 Å². The fourth-order valence-corrected chi connectivity index (χ4v) is 7.46. The number of hydrogen-bond acceptors (Lipinski definition) is 4. The number of benzene rings is 1. The van der Waals surface area contributed by atoms with Gasteiger partial charge in [-0.05, 0) is 61.3 Å². The second kappa shape index (κ2) is 6.31. The van der Waals surface area contributed by atoms with Gasteiger partial charge in [-0.25, -0.2) is 8.42 Å². The molecule has 1 aromatic carbocycles. The smallest absolute Gasteiger partial charge is 0.233 e. The highest BCUT2D eigenvalue weighted by Gasteiger charge is 2.65. The number of nitrogens with one attached hydrogen (secondary N) is 1. The Balaban J connectivity index is 1.55. The van der Waals surface area contributed by atoms with Crippen LogP contribution in [0.4, 0.5) is 11.4 Å². The van der Waals surface area contributed by atoms with Crippen molar-refractivity contribution in [2.24, 2.45) is 16.7 Å². The first-order valence-electron chi connectivity index (χ1n) is 10.0. The lowest BCUT2D eigenvalue weighted by Crippen LogP contribution is -2.43. The molecular formula is C21H28N2O4S. The van der Waals surface area contributed by atoms with Crippen LogP contribution < -0.4 is 9.62 Å². The molecule has 1 saturated heterocycles. The summed E-state index contributed by atoms with van der Waals surface area (Å²) in [4.78, 5) is 26.4. The predicted molar refractivity (Wildman–Crippen MR) is 109 cm³/mol. The number of fused-ring (bicyclic) bond motifs is 2. The molecule has 1 heterocycles. The minimum atomic E-state index is -3.68. The standard InChI is InChI=1S/C21H28N2O4S/c1-14-11-16(6-7-17(14)23-10-4-5-19(23)25)22-28(26,27)13-21-9-8-15(12-18(21)24)20(21,2)3/h6-7,11,15,22H,4-5,8-10,12-13H2,1-3H3/t15-,21-/m0/s1. The Morgan fingerprint density at radius 1 is 1.25 bits per heavy atom. The monoisotopic (exact) mass is 404 g/mol. The summed E-state index contributed by atoms with van der Waals surface area (Å²) in [7, 11) is -3.68. The van der Waals surface area contributed by atoms with Crippen molar-refractivity contribution in [2.45, 2.75) is 52.9 Å². The number of aryl methyl sites for hydroxylation is 1. The largest absolute Gasteiger partial charge is 0.312 e. The summed E-state index contributed by atoms with van der Waals surface area (Å²) in [6, 6.07) is 5.25. The number of nitrogens with zero attached hydrogens (tertiary/aromatic N) is 1. The van der Waals surface area contributed by atoms with Gasteiger partial charge in [-0.15, -0.1) is 0 Å². The zero-order valence-electron chi connectivity index (χ0n) is 16.7. The molecule has 2 bridgehead atoms. The fourth-order valence-electron chi connectivity index (χ4n) is 5.57. The summed E-state index contributed by atoms with van der Waals surface area (Å²) < 4.78 is 28.6. The average Bonchev–Trinajstić information content (AvgIpc) is 3.16. The van der Waals surface area contributed by atoms with Crippen LogP contribution in [0.1, 0.15) is 51.5 Å². The van der Waals surface area contributed by atoms with E-state index < -0.39 is 15.4 Å². The van der Waals surface area contributed by atoms with Crippen LogP contribution in [0, 0.1) is 23.7 Å². The van der Waals surface area contributed by atoms with E-state index in [4.69, 9.17) is 0 Å². The van der Waals surface area contributed by atoms with Crippen molar-refractivity contribution in [1.82, 2.24) is 0 Å². The first kappa shape index (κ1) is 19.4. The zero-order chi connectivity index (χ0) is 20.3. The highest BCUT2D eigenvalue weighted by molar-refractivity contribution is 7.92. The van der Waals surface area contributed by atoms with Crippen LogP contribution in [0.2, 0.25) is 0 Å². The van der Waals surface area contributed by atoms with Crippen molar-refractivity contribution in [3.05, 3.63) is 23.8 Å². The predicted octanol–water partition coefficient (Wildman–Crippen LogP) is 3.26. The van der Waals surface area contributed by atoms with Crippen LogP contribution in [0.25, 0.3) is 0 Å². The Labute approximate surface area is 166 Å². The van der Waals surface area contributed by atoms with Crippen molar-refractivity contribution in [2.75, 3.05) is 21.9 Å². The summed E-state index contributed by atoms with van der Waals surface area (Å²) in [6.45, 7) is 6.66. The molecule has 0 radical (unpaired) electrons. The Kier molecular flexibility index (Phi) is 4.38.